The van der Waals surface area contributed by atoms with Crippen molar-refractivity contribution < 1.29 is 9.53 Å². The Hall–Kier alpha value is -1.78. The predicted octanol–water partition coefficient (Wildman–Crippen LogP) is 1.44. The van der Waals surface area contributed by atoms with Gasteiger partial charge in [-0.1, -0.05) is 0 Å². The number of nitrogens with two attached hydrogens (primary N) is 1. The standard InChI is InChI=1S/C12H17N3O2/c1-3-15(8-4-5-8)11-10(13)9(6-7-14-11)12(16)17-2/h6-8H,3-5,13H2,1-2H3. The summed E-state index contributed by atoms with van der Waals surface area (Å²) >= 11 is 0. The smallest absolute Gasteiger partial charge is 0.340 e. The van der Waals surface area contributed by atoms with Crippen LogP contribution in [0.1, 0.15) is 30.1 Å². The summed E-state index contributed by atoms with van der Waals surface area (Å²) in [6, 6.07) is 2.11. The molecule has 0 radical (unpaired) electrons. The third-order valence-electron chi connectivity index (χ3n) is 2.97. The average Bonchev–Trinajstić information content (AvgIpc) is 3.16. The average molecular weight is 235 g/mol. The number of hydrogen-bond donors (Lipinski definition) is 1. The van der Waals surface area contributed by atoms with Crippen LogP contribution in [0.2, 0.25) is 0 Å². The Bertz CT molecular complexity index is 430. The van der Waals surface area contributed by atoms with Gasteiger partial charge in [0.15, 0.2) is 5.82 Å². The van der Waals surface area contributed by atoms with Crippen molar-refractivity contribution >= 4 is 17.5 Å². The Balaban J connectivity index is 2.37. The third-order valence-corrected chi connectivity index (χ3v) is 2.97. The van der Waals surface area contributed by atoms with E-state index in [0.717, 1.165) is 19.4 Å². The maximum Gasteiger partial charge on any atom is 0.340 e. The second-order valence-corrected chi connectivity index (χ2v) is 4.10. The molecule has 0 unspecified atom stereocenters. The molecule has 1 heterocycles. The van der Waals surface area contributed by atoms with Crippen LogP contribution in [-0.4, -0.2) is 30.6 Å². The SMILES string of the molecule is CCN(c1nccc(C(=O)OC)c1N)C1CC1. The van der Waals surface area contributed by atoms with Crippen molar-refractivity contribution in [2.24, 2.45) is 0 Å². The molecule has 1 aliphatic rings. The lowest BCUT2D eigenvalue weighted by Crippen LogP contribution is -2.27. The van der Waals surface area contributed by atoms with Crippen LogP contribution >= 0.6 is 0 Å². The van der Waals surface area contributed by atoms with Crippen LogP contribution in [0.3, 0.4) is 0 Å². The molecule has 0 atom stereocenters. The zero-order valence-electron chi connectivity index (χ0n) is 10.1. The Labute approximate surface area is 101 Å². The van der Waals surface area contributed by atoms with E-state index in [1.807, 2.05) is 0 Å². The number of anilines is 2. The molecule has 1 saturated carbocycles. The molecule has 17 heavy (non-hydrogen) atoms. The molecule has 2 N–H and O–H groups in total. The number of aromatic nitrogens is 1. The molecule has 0 bridgehead atoms. The second kappa shape index (κ2) is 4.61. The van der Waals surface area contributed by atoms with Crippen LogP contribution in [0.4, 0.5) is 11.5 Å². The van der Waals surface area contributed by atoms with Gasteiger partial charge < -0.3 is 15.4 Å². The van der Waals surface area contributed by atoms with E-state index in [1.165, 1.54) is 7.11 Å². The Morgan fingerprint density at radius 1 is 1.65 bits per heavy atom. The van der Waals surface area contributed by atoms with E-state index < -0.39 is 5.97 Å². The van der Waals surface area contributed by atoms with E-state index >= 15 is 0 Å². The van der Waals surface area contributed by atoms with E-state index in [-0.39, 0.29) is 0 Å². The molecule has 5 heteroatoms. The second-order valence-electron chi connectivity index (χ2n) is 4.10. The van der Waals surface area contributed by atoms with Gasteiger partial charge in [0, 0.05) is 18.8 Å². The normalized spacial score (nSPS) is 14.5. The zero-order valence-corrected chi connectivity index (χ0v) is 10.1. The molecule has 1 fully saturated rings. The van der Waals surface area contributed by atoms with Crippen molar-refractivity contribution in [2.45, 2.75) is 25.8 Å². The number of nitrogens with zero attached hydrogens (tertiary/aromatic N) is 2. The summed E-state index contributed by atoms with van der Waals surface area (Å²) in [5.74, 6) is 0.274. The van der Waals surface area contributed by atoms with E-state index in [0.29, 0.717) is 23.1 Å². The predicted molar refractivity (Wildman–Crippen MR) is 66.0 cm³/mol. The summed E-state index contributed by atoms with van der Waals surface area (Å²) in [5.41, 5.74) is 6.79. The highest BCUT2D eigenvalue weighted by molar-refractivity contribution is 5.97. The molecule has 1 aromatic rings. The van der Waals surface area contributed by atoms with Gasteiger partial charge in [-0.2, -0.15) is 0 Å². The van der Waals surface area contributed by atoms with Crippen molar-refractivity contribution in [1.82, 2.24) is 4.98 Å². The third kappa shape index (κ3) is 2.18. The quantitative estimate of drug-likeness (QED) is 0.800. The fourth-order valence-electron chi connectivity index (χ4n) is 1.95. The summed E-state index contributed by atoms with van der Waals surface area (Å²) in [5, 5.41) is 0. The Morgan fingerprint density at radius 2 is 2.35 bits per heavy atom. The van der Waals surface area contributed by atoms with Crippen molar-refractivity contribution in [3.8, 4) is 0 Å². The molecule has 0 aromatic carbocycles. The van der Waals surface area contributed by atoms with Crippen LogP contribution in [0.25, 0.3) is 0 Å². The topological polar surface area (TPSA) is 68.5 Å². The van der Waals surface area contributed by atoms with Gasteiger partial charge in [-0.25, -0.2) is 9.78 Å². The van der Waals surface area contributed by atoms with Gasteiger partial charge in [-0.15, -0.1) is 0 Å². The summed E-state index contributed by atoms with van der Waals surface area (Å²) in [7, 11) is 1.35. The molecule has 1 aromatic heterocycles. The van der Waals surface area contributed by atoms with E-state index in [9.17, 15) is 4.79 Å². The van der Waals surface area contributed by atoms with Gasteiger partial charge in [0.2, 0.25) is 0 Å². The van der Waals surface area contributed by atoms with Crippen molar-refractivity contribution in [3.05, 3.63) is 17.8 Å². The number of ether oxygens (including phenoxy) is 1. The highest BCUT2D eigenvalue weighted by atomic mass is 16.5. The molecular weight excluding hydrogens is 218 g/mol. The first-order valence-electron chi connectivity index (χ1n) is 5.78. The molecule has 1 aliphatic carbocycles. The van der Waals surface area contributed by atoms with Gasteiger partial charge in [-0.05, 0) is 25.8 Å². The lowest BCUT2D eigenvalue weighted by Gasteiger charge is -2.23. The van der Waals surface area contributed by atoms with Gasteiger partial charge in [0.1, 0.15) is 0 Å². The van der Waals surface area contributed by atoms with Crippen LogP contribution in [-0.2, 0) is 4.74 Å². The number of carbonyl (C=O) groups is 1. The first-order valence-corrected chi connectivity index (χ1v) is 5.78. The van der Waals surface area contributed by atoms with E-state index in [1.54, 1.807) is 12.3 Å². The molecule has 2 rings (SSSR count). The number of rotatable bonds is 4. The van der Waals surface area contributed by atoms with Gasteiger partial charge in [-0.3, -0.25) is 0 Å². The number of esters is 1. The zero-order chi connectivity index (χ0) is 12.4. The molecular formula is C12H17N3O2. The minimum Gasteiger partial charge on any atom is -0.465 e. The lowest BCUT2D eigenvalue weighted by atomic mass is 10.2. The van der Waals surface area contributed by atoms with Crippen LogP contribution in [0.5, 0.6) is 0 Å². The van der Waals surface area contributed by atoms with Gasteiger partial charge in [0.25, 0.3) is 0 Å². The first-order chi connectivity index (χ1) is 8.19. The minimum atomic E-state index is -0.419. The summed E-state index contributed by atoms with van der Waals surface area (Å²) in [4.78, 5) is 18.0. The summed E-state index contributed by atoms with van der Waals surface area (Å²) < 4.78 is 4.70. The van der Waals surface area contributed by atoms with Crippen molar-refractivity contribution in [3.63, 3.8) is 0 Å². The molecule has 0 amide bonds. The fourth-order valence-corrected chi connectivity index (χ4v) is 1.95. The number of nitrogen functional groups attached to an aromatic ring is 1. The van der Waals surface area contributed by atoms with Crippen LogP contribution < -0.4 is 10.6 Å². The molecule has 0 aliphatic heterocycles. The van der Waals surface area contributed by atoms with Gasteiger partial charge >= 0.3 is 5.97 Å². The number of hydrogen-bond acceptors (Lipinski definition) is 5. The summed E-state index contributed by atoms with van der Waals surface area (Å²) in [6.07, 6.45) is 3.93. The fraction of sp³-hybridized carbons (Fsp3) is 0.500. The summed E-state index contributed by atoms with van der Waals surface area (Å²) in [6.45, 7) is 2.90. The molecule has 0 saturated heterocycles. The molecule has 5 nitrogen and oxygen atoms in total. The number of methoxy groups -OCH3 is 1. The van der Waals surface area contributed by atoms with Crippen LogP contribution in [0, 0.1) is 0 Å². The molecule has 0 spiro atoms. The van der Waals surface area contributed by atoms with Crippen molar-refractivity contribution in [1.29, 1.82) is 0 Å². The van der Waals surface area contributed by atoms with E-state index in [2.05, 4.69) is 16.8 Å². The molecule has 92 valence electrons. The largest absolute Gasteiger partial charge is 0.465 e. The monoisotopic (exact) mass is 235 g/mol. The highest BCUT2D eigenvalue weighted by Crippen LogP contribution is 2.34. The Kier molecular flexibility index (Phi) is 3.17. The Morgan fingerprint density at radius 3 is 2.88 bits per heavy atom. The van der Waals surface area contributed by atoms with Crippen LogP contribution in [0.15, 0.2) is 12.3 Å². The first kappa shape index (κ1) is 11.7. The van der Waals surface area contributed by atoms with Gasteiger partial charge in [0.05, 0.1) is 18.4 Å². The number of pyridine rings is 1. The maximum atomic E-state index is 11.5. The number of carbonyl (C=O) groups excluding carboxylic acids is 1. The maximum absolute atomic E-state index is 11.5. The lowest BCUT2D eigenvalue weighted by molar-refractivity contribution is 0.0602. The highest BCUT2D eigenvalue weighted by Gasteiger charge is 2.30. The van der Waals surface area contributed by atoms with E-state index in [4.69, 9.17) is 10.5 Å². The van der Waals surface area contributed by atoms with Crippen molar-refractivity contribution in [2.75, 3.05) is 24.3 Å². The minimum absolute atomic E-state index is 0.386.